The minimum atomic E-state index is -0.463. The predicted molar refractivity (Wildman–Crippen MR) is 225 cm³/mol. The zero-order valence-electron chi connectivity index (χ0n) is 32.2. The van der Waals surface area contributed by atoms with Gasteiger partial charge in [0.1, 0.15) is 5.82 Å². The van der Waals surface area contributed by atoms with Gasteiger partial charge in [0.05, 0.1) is 16.5 Å². The zero-order chi connectivity index (χ0) is 40.8. The van der Waals surface area contributed by atoms with E-state index in [1.807, 2.05) is 30.3 Å². The molecule has 0 unspecified atom stereocenters. The first-order chi connectivity index (χ1) is 28.0. The van der Waals surface area contributed by atoms with Crippen molar-refractivity contribution < 1.29 is 28.4 Å². The van der Waals surface area contributed by atoms with E-state index < -0.39 is 23.0 Å². The Morgan fingerprint density at radius 3 is 2.19 bits per heavy atom. The molecule has 0 aliphatic carbocycles. The molecule has 0 radical (unpaired) electrons. The van der Waals surface area contributed by atoms with Crippen LogP contribution in [0.3, 0.4) is 0 Å². The number of hydrogen-bond acceptors (Lipinski definition) is 7. The average molecular weight is 795 g/mol. The van der Waals surface area contributed by atoms with E-state index in [2.05, 4.69) is 53.6 Å². The lowest BCUT2D eigenvalue weighted by atomic mass is 9.97. The van der Waals surface area contributed by atoms with Crippen LogP contribution < -0.4 is 10.6 Å². The average Bonchev–Trinajstić information content (AvgIpc) is 3.81. The minimum Gasteiger partial charge on any atom is -0.350 e. The molecule has 4 amide bonds. The molecule has 2 saturated heterocycles. The minimum absolute atomic E-state index is 0.0677. The van der Waals surface area contributed by atoms with Crippen molar-refractivity contribution in [1.82, 2.24) is 20.4 Å². The number of nitrogens with zero attached hydrogens (tertiary/aromatic N) is 2. The van der Waals surface area contributed by atoms with E-state index in [-0.39, 0.29) is 51.8 Å². The van der Waals surface area contributed by atoms with Crippen molar-refractivity contribution in [3.63, 3.8) is 0 Å². The van der Waals surface area contributed by atoms with Crippen LogP contribution in [-0.4, -0.2) is 70.3 Å². The lowest BCUT2D eigenvalue weighted by Crippen LogP contribution is -2.44. The first kappa shape index (κ1) is 40.0. The molecular formula is C47H43FN4O5S. The first-order valence-electron chi connectivity index (χ1n) is 19.2. The van der Waals surface area contributed by atoms with Gasteiger partial charge in [-0.15, -0.1) is 0 Å². The lowest BCUT2D eigenvalue weighted by Gasteiger charge is -2.31. The van der Waals surface area contributed by atoms with Crippen LogP contribution in [0.15, 0.2) is 132 Å². The number of likely N-dealkylation sites (tertiary alicyclic amines) is 1. The van der Waals surface area contributed by atoms with Crippen molar-refractivity contribution in [3.8, 4) is 11.1 Å². The smallest absolute Gasteiger partial charge is 0.290 e. The fraction of sp³-hybridized carbons (Fsp3) is 0.213. The molecule has 0 saturated carbocycles. The number of rotatable bonds is 13. The van der Waals surface area contributed by atoms with E-state index in [0.717, 1.165) is 35.0 Å². The van der Waals surface area contributed by atoms with Crippen LogP contribution >= 0.6 is 11.8 Å². The van der Waals surface area contributed by atoms with Crippen molar-refractivity contribution in [2.45, 2.75) is 38.9 Å². The summed E-state index contributed by atoms with van der Waals surface area (Å²) in [7, 11) is 0. The summed E-state index contributed by atoms with van der Waals surface area (Å²) >= 11 is 0.823. The second-order valence-electron chi connectivity index (χ2n) is 14.9. The molecule has 2 aliphatic heterocycles. The fourth-order valence-corrected chi connectivity index (χ4v) is 8.26. The molecule has 2 atom stereocenters. The van der Waals surface area contributed by atoms with E-state index in [0.29, 0.717) is 36.6 Å². The van der Waals surface area contributed by atoms with Gasteiger partial charge in [0.2, 0.25) is 0 Å². The van der Waals surface area contributed by atoms with Crippen molar-refractivity contribution >= 4 is 46.6 Å². The Morgan fingerprint density at radius 1 is 0.845 bits per heavy atom. The van der Waals surface area contributed by atoms with Gasteiger partial charge in [-0.25, -0.2) is 4.39 Å². The summed E-state index contributed by atoms with van der Waals surface area (Å²) in [5.41, 5.74) is 5.20. The summed E-state index contributed by atoms with van der Waals surface area (Å²) in [6.07, 6.45) is 2.17. The van der Waals surface area contributed by atoms with Crippen LogP contribution in [0.1, 0.15) is 68.0 Å². The second kappa shape index (κ2) is 18.0. The van der Waals surface area contributed by atoms with Crippen LogP contribution in [0.25, 0.3) is 17.2 Å². The van der Waals surface area contributed by atoms with Gasteiger partial charge >= 0.3 is 0 Å². The van der Waals surface area contributed by atoms with Crippen LogP contribution in [0.4, 0.5) is 9.18 Å². The summed E-state index contributed by atoms with van der Waals surface area (Å²) in [5.74, 6) is -1.65. The number of imide groups is 1. The maximum atomic E-state index is 14.7. The molecule has 2 heterocycles. The maximum absolute atomic E-state index is 14.7. The number of ketones is 1. The van der Waals surface area contributed by atoms with Crippen molar-refractivity contribution in [2.75, 3.05) is 19.6 Å². The SMILES string of the molecule is CC(C)CN(Cc1ccccc1-c1ccccc1)[C@@H]1C[C@@H](CNC(=O)c2ccc(/C=C3/SC(=O)NC3=O)cc2)N(C(=O)c2ccccc2C(=O)c2ccc(F)cc2)C1. The number of thioether (sulfide) groups is 1. The number of benzene rings is 5. The largest absolute Gasteiger partial charge is 0.350 e. The lowest BCUT2D eigenvalue weighted by molar-refractivity contribution is -0.115. The molecule has 2 aliphatic rings. The van der Waals surface area contributed by atoms with Crippen LogP contribution in [0.5, 0.6) is 0 Å². The molecule has 0 spiro atoms. The number of halogens is 1. The molecule has 294 valence electrons. The fourth-order valence-electron chi connectivity index (χ4n) is 7.58. The van der Waals surface area contributed by atoms with E-state index in [1.165, 1.54) is 24.3 Å². The van der Waals surface area contributed by atoms with Crippen LogP contribution in [0, 0.1) is 11.7 Å². The van der Waals surface area contributed by atoms with Gasteiger partial charge in [-0.05, 0) is 94.9 Å². The molecule has 5 aromatic carbocycles. The van der Waals surface area contributed by atoms with Crippen molar-refractivity contribution in [2.24, 2.45) is 5.92 Å². The van der Waals surface area contributed by atoms with E-state index in [1.54, 1.807) is 59.5 Å². The van der Waals surface area contributed by atoms with E-state index >= 15 is 0 Å². The van der Waals surface area contributed by atoms with Crippen LogP contribution in [0.2, 0.25) is 0 Å². The second-order valence-corrected chi connectivity index (χ2v) is 15.9. The number of carbonyl (C=O) groups is 5. The van der Waals surface area contributed by atoms with E-state index in [9.17, 15) is 28.4 Å². The van der Waals surface area contributed by atoms with Crippen molar-refractivity contribution in [3.05, 3.63) is 171 Å². The van der Waals surface area contributed by atoms with Crippen LogP contribution in [-0.2, 0) is 11.3 Å². The molecule has 2 N–H and O–H groups in total. The Balaban J connectivity index is 1.16. The van der Waals surface area contributed by atoms with Gasteiger partial charge in [-0.1, -0.05) is 98.8 Å². The Kier molecular flexibility index (Phi) is 12.4. The quantitative estimate of drug-likeness (QED) is 0.0912. The Hall–Kier alpha value is -6.17. The van der Waals surface area contributed by atoms with E-state index in [4.69, 9.17) is 0 Å². The number of carbonyl (C=O) groups excluding carboxylic acids is 5. The summed E-state index contributed by atoms with van der Waals surface area (Å²) < 4.78 is 13.8. The van der Waals surface area contributed by atoms with Gasteiger partial charge in [0, 0.05) is 48.9 Å². The van der Waals surface area contributed by atoms with Gasteiger partial charge < -0.3 is 10.2 Å². The highest BCUT2D eigenvalue weighted by atomic mass is 32.2. The van der Waals surface area contributed by atoms with Gasteiger partial charge in [0.15, 0.2) is 5.78 Å². The standard InChI is InChI=1S/C47H43FN4O5S/c1-30(2)27-51(28-35-12-6-7-13-39(35)32-10-4-3-5-11-32)38-25-37(26-49-44(54)34-18-16-31(17-19-34)24-42-45(55)50-47(57)58-42)52(29-38)46(56)41-15-9-8-14-40(41)43(53)33-20-22-36(48)23-21-33/h3-24,30,37-38H,25-29H2,1-2H3,(H,49,54)(H,50,55,57)/b42-24+/t37-,38+/m0/s1. The van der Waals surface area contributed by atoms with Gasteiger partial charge in [-0.3, -0.25) is 34.2 Å². The molecular weight excluding hydrogens is 752 g/mol. The Bertz CT molecular complexity index is 2370. The Labute approximate surface area is 341 Å². The predicted octanol–water partition coefficient (Wildman–Crippen LogP) is 8.22. The summed E-state index contributed by atoms with van der Waals surface area (Å²) in [4.78, 5) is 70.1. The van der Waals surface area contributed by atoms with Crippen molar-refractivity contribution in [1.29, 1.82) is 0 Å². The highest BCUT2D eigenvalue weighted by molar-refractivity contribution is 8.18. The topological polar surface area (TPSA) is 116 Å². The molecule has 0 aromatic heterocycles. The third-order valence-electron chi connectivity index (χ3n) is 10.4. The summed E-state index contributed by atoms with van der Waals surface area (Å²) in [6.45, 7) is 6.29. The number of hydrogen-bond donors (Lipinski definition) is 2. The van der Waals surface area contributed by atoms with Gasteiger partial charge in [0.25, 0.3) is 23.0 Å². The molecule has 9 nitrogen and oxygen atoms in total. The number of amides is 4. The summed E-state index contributed by atoms with van der Waals surface area (Å²) in [6, 6.07) is 36.8. The molecule has 11 heteroatoms. The highest BCUT2D eigenvalue weighted by Crippen LogP contribution is 2.31. The maximum Gasteiger partial charge on any atom is 0.290 e. The third kappa shape index (κ3) is 9.33. The molecule has 7 rings (SSSR count). The monoisotopic (exact) mass is 794 g/mol. The number of nitrogens with one attached hydrogen (secondary N) is 2. The molecule has 0 bridgehead atoms. The molecule has 5 aromatic rings. The third-order valence-corrected chi connectivity index (χ3v) is 11.2. The molecule has 2 fully saturated rings. The highest BCUT2D eigenvalue weighted by Gasteiger charge is 2.40. The zero-order valence-corrected chi connectivity index (χ0v) is 33.0. The van der Waals surface area contributed by atoms with Gasteiger partial charge in [-0.2, -0.15) is 0 Å². The Morgan fingerprint density at radius 2 is 1.50 bits per heavy atom. The summed E-state index contributed by atoms with van der Waals surface area (Å²) in [5, 5.41) is 4.85. The first-order valence-corrected chi connectivity index (χ1v) is 20.1. The molecule has 58 heavy (non-hydrogen) atoms. The normalized spacial score (nSPS) is 17.3.